The molecule has 0 unspecified atom stereocenters. The Morgan fingerprint density at radius 1 is 0.949 bits per heavy atom. The Morgan fingerprint density at radius 2 is 1.49 bits per heavy atom. The van der Waals surface area contributed by atoms with Gasteiger partial charge in [0, 0.05) is 33.8 Å². The molecule has 0 aliphatic carbocycles. The Kier molecular flexibility index (Phi) is 10.5. The van der Waals surface area contributed by atoms with Gasteiger partial charge in [-0.15, -0.1) is 0 Å². The van der Waals surface area contributed by atoms with E-state index in [1.807, 2.05) is 0 Å². The van der Waals surface area contributed by atoms with Crippen molar-refractivity contribution in [3.05, 3.63) is 11.8 Å². The molecule has 13 nitrogen and oxygen atoms in total. The highest BCUT2D eigenvalue weighted by Crippen LogP contribution is 2.43. The molecule has 5 atom stereocenters. The molecule has 0 radical (unpaired) electrons. The third kappa shape index (κ3) is 7.61. The van der Waals surface area contributed by atoms with Gasteiger partial charge in [0.1, 0.15) is 6.61 Å². The predicted molar refractivity (Wildman–Crippen MR) is 111 cm³/mol. The molecule has 0 aromatic heterocycles. The molecule has 1 aliphatic heterocycles. The number of carbonyl (C=O) groups excluding carboxylic acids is 6. The summed E-state index contributed by atoms with van der Waals surface area (Å²) in [5.41, 5.74) is 2.06. The molecular weight excluding hydrogens is 553 g/mol. The van der Waals surface area contributed by atoms with Crippen LogP contribution < -0.4 is 5.73 Å². The fourth-order valence-corrected chi connectivity index (χ4v) is 3.37. The van der Waals surface area contributed by atoms with Gasteiger partial charge in [-0.1, -0.05) is 0 Å². The summed E-state index contributed by atoms with van der Waals surface area (Å²) in [6.45, 7) is 1.99. The number of ketones is 1. The van der Waals surface area contributed by atoms with Crippen molar-refractivity contribution in [3.8, 4) is 0 Å². The Hall–Kier alpha value is -3.83. The van der Waals surface area contributed by atoms with Crippen LogP contribution in [-0.2, 0) is 57.2 Å². The van der Waals surface area contributed by atoms with E-state index in [0.29, 0.717) is 19.9 Å². The third-order valence-electron chi connectivity index (χ3n) is 4.95. The van der Waals surface area contributed by atoms with Gasteiger partial charge in [0.2, 0.25) is 11.5 Å². The number of rotatable bonds is 10. The first-order valence-corrected chi connectivity index (χ1v) is 10.6. The minimum absolute atomic E-state index is 0.325. The molecule has 0 amide bonds. The van der Waals surface area contributed by atoms with E-state index in [-0.39, 0.29) is 0 Å². The lowest BCUT2D eigenvalue weighted by Crippen LogP contribution is -2.76. The van der Waals surface area contributed by atoms with Crippen LogP contribution in [0.4, 0.5) is 22.0 Å². The Labute approximate surface area is 216 Å². The van der Waals surface area contributed by atoms with Crippen molar-refractivity contribution in [1.29, 1.82) is 0 Å². The fraction of sp³-hybridized carbons (Fsp3) is 0.619. The van der Waals surface area contributed by atoms with Crippen LogP contribution in [0.15, 0.2) is 11.8 Å². The summed E-state index contributed by atoms with van der Waals surface area (Å²) in [5.74, 6) is -16.8. The third-order valence-corrected chi connectivity index (χ3v) is 4.95. The number of hydrogen-bond donors (Lipinski definition) is 1. The van der Waals surface area contributed by atoms with Crippen molar-refractivity contribution in [1.82, 2.24) is 0 Å². The van der Waals surface area contributed by atoms with Gasteiger partial charge in [0.25, 0.3) is 0 Å². The van der Waals surface area contributed by atoms with E-state index in [4.69, 9.17) is 24.7 Å². The number of halogens is 5. The first kappa shape index (κ1) is 33.2. The summed E-state index contributed by atoms with van der Waals surface area (Å²) in [6, 6.07) is 0. The minimum atomic E-state index is -6.54. The lowest BCUT2D eigenvalue weighted by atomic mass is 9.75. The van der Waals surface area contributed by atoms with E-state index in [1.54, 1.807) is 0 Å². The van der Waals surface area contributed by atoms with E-state index < -0.39 is 90.0 Å². The van der Waals surface area contributed by atoms with Crippen molar-refractivity contribution in [2.75, 3.05) is 13.7 Å². The summed E-state index contributed by atoms with van der Waals surface area (Å²) in [5, 5.41) is 0. The van der Waals surface area contributed by atoms with Crippen LogP contribution in [0.5, 0.6) is 0 Å². The molecule has 0 fully saturated rings. The predicted octanol–water partition coefficient (Wildman–Crippen LogP) is 0.265. The van der Waals surface area contributed by atoms with Gasteiger partial charge < -0.3 is 34.2 Å². The molecule has 0 bridgehead atoms. The molecule has 18 heteroatoms. The van der Waals surface area contributed by atoms with E-state index >= 15 is 0 Å². The average Bonchev–Trinajstić information content (AvgIpc) is 2.79. The van der Waals surface area contributed by atoms with E-state index in [2.05, 4.69) is 9.47 Å². The number of hydrogen-bond acceptors (Lipinski definition) is 13. The van der Waals surface area contributed by atoms with E-state index in [1.165, 1.54) is 0 Å². The van der Waals surface area contributed by atoms with E-state index in [0.717, 1.165) is 21.0 Å². The fourth-order valence-electron chi connectivity index (χ4n) is 3.37. The molecule has 0 aromatic carbocycles. The maximum absolute atomic E-state index is 14.4. The zero-order valence-electron chi connectivity index (χ0n) is 21.0. The van der Waals surface area contributed by atoms with Crippen molar-refractivity contribution in [2.45, 2.75) is 69.7 Å². The molecule has 1 aliphatic rings. The molecule has 220 valence electrons. The maximum atomic E-state index is 14.4. The Morgan fingerprint density at radius 3 is 1.90 bits per heavy atom. The number of nitrogens with two attached hydrogens (primary N) is 1. The lowest BCUT2D eigenvalue weighted by molar-refractivity contribution is -0.275. The van der Waals surface area contributed by atoms with Crippen molar-refractivity contribution in [2.24, 2.45) is 5.73 Å². The number of esters is 5. The van der Waals surface area contributed by atoms with Crippen LogP contribution in [0.2, 0.25) is 0 Å². The molecule has 0 saturated heterocycles. The Bertz CT molecular complexity index is 1040. The largest absolute Gasteiger partial charge is 0.477 e. The van der Waals surface area contributed by atoms with Gasteiger partial charge in [-0.05, 0) is 0 Å². The normalized spacial score (nSPS) is 22.7. The molecule has 2 N–H and O–H groups in total. The highest BCUT2D eigenvalue weighted by molar-refractivity contribution is 5.98. The summed E-state index contributed by atoms with van der Waals surface area (Å²) in [7, 11) is 0.793. The summed E-state index contributed by atoms with van der Waals surface area (Å²) < 4.78 is 97.4. The SMILES string of the molecule is COC(=O)C1=C[C@H](OC(C)=O)[C@](N)(C(=O)C(F)(F)C(F)(F)F)[C@H]([C@H](OC(C)=O)[C@@H](COC(C)=O)OC(C)=O)O1. The number of Topliss-reactive ketones (excluding diaryl/α,β-unsaturated/α-hetero) is 1. The highest BCUT2D eigenvalue weighted by atomic mass is 19.4. The van der Waals surface area contributed by atoms with Gasteiger partial charge in [0.05, 0.1) is 7.11 Å². The monoisotopic (exact) mass is 577 g/mol. The van der Waals surface area contributed by atoms with Gasteiger partial charge in [-0.25, -0.2) is 4.79 Å². The van der Waals surface area contributed by atoms with Gasteiger partial charge in [-0.2, -0.15) is 22.0 Å². The van der Waals surface area contributed by atoms with Crippen molar-refractivity contribution >= 4 is 35.6 Å². The topological polar surface area (TPSA) is 184 Å². The smallest absolute Gasteiger partial charge is 0.461 e. The summed E-state index contributed by atoms with van der Waals surface area (Å²) in [4.78, 5) is 71.8. The lowest BCUT2D eigenvalue weighted by Gasteiger charge is -2.47. The minimum Gasteiger partial charge on any atom is -0.477 e. The molecule has 0 aromatic rings. The second kappa shape index (κ2) is 12.4. The van der Waals surface area contributed by atoms with Gasteiger partial charge >= 0.3 is 41.9 Å². The maximum Gasteiger partial charge on any atom is 0.461 e. The average molecular weight is 577 g/mol. The standard InChI is InChI=1S/C21H24F5NO12/c1-8(28)35-7-13(36-9(2)29)15(38-11(4)31)16-19(27,18(33)20(22,23)21(24,25)26)14(37-10(3)30)6-12(39-16)17(32)34-5/h6,13-16H,7,27H2,1-5H3/t13-,14+,15-,16+,19-/m1/s1. The quantitative estimate of drug-likeness (QED) is 0.212. The second-order valence-corrected chi connectivity index (χ2v) is 7.95. The van der Waals surface area contributed by atoms with Crippen LogP contribution in [0.1, 0.15) is 27.7 Å². The van der Waals surface area contributed by atoms with Gasteiger partial charge in [-0.3, -0.25) is 24.0 Å². The number of alkyl halides is 5. The van der Waals surface area contributed by atoms with Crippen LogP contribution in [0.25, 0.3) is 0 Å². The van der Waals surface area contributed by atoms with Gasteiger partial charge in [0.15, 0.2) is 30.0 Å². The molecule has 39 heavy (non-hydrogen) atoms. The molecule has 0 spiro atoms. The Balaban J connectivity index is 4.06. The van der Waals surface area contributed by atoms with E-state index in [9.17, 15) is 50.7 Å². The summed E-state index contributed by atoms with van der Waals surface area (Å²) in [6.07, 6.45) is -16.1. The summed E-state index contributed by atoms with van der Waals surface area (Å²) >= 11 is 0. The van der Waals surface area contributed by atoms with Crippen LogP contribution in [0.3, 0.4) is 0 Å². The molecule has 1 rings (SSSR count). The van der Waals surface area contributed by atoms with Crippen LogP contribution >= 0.6 is 0 Å². The van der Waals surface area contributed by atoms with Crippen molar-refractivity contribution < 1.29 is 79.1 Å². The zero-order chi connectivity index (χ0) is 30.5. The van der Waals surface area contributed by atoms with Crippen molar-refractivity contribution in [3.63, 3.8) is 0 Å². The zero-order valence-corrected chi connectivity index (χ0v) is 21.0. The first-order chi connectivity index (χ1) is 17.7. The number of methoxy groups -OCH3 is 1. The second-order valence-electron chi connectivity index (χ2n) is 7.95. The molecule has 1 heterocycles. The molecule has 0 saturated carbocycles. The highest BCUT2D eigenvalue weighted by Gasteiger charge is 2.73. The van der Waals surface area contributed by atoms with Crippen LogP contribution in [0, 0.1) is 0 Å². The first-order valence-electron chi connectivity index (χ1n) is 10.6. The van der Waals surface area contributed by atoms with Crippen LogP contribution in [-0.4, -0.2) is 91.4 Å². The number of carbonyl (C=O) groups is 6. The number of ether oxygens (including phenoxy) is 6. The molecular formula is C21H24F5NO12.